The standard InChI is InChI=1S/C8H12O3/c1-7(6-9)4-3-5-11-8(2)10/h6H,1,3-5H2,2H3. The number of hydrogen-bond acceptors (Lipinski definition) is 3. The Labute approximate surface area is 66.0 Å². The summed E-state index contributed by atoms with van der Waals surface area (Å²) in [5.74, 6) is -0.290. The van der Waals surface area contributed by atoms with E-state index in [2.05, 4.69) is 11.3 Å². The average molecular weight is 156 g/mol. The lowest BCUT2D eigenvalue weighted by Crippen LogP contribution is -2.00. The molecule has 0 bridgehead atoms. The summed E-state index contributed by atoms with van der Waals surface area (Å²) in [4.78, 5) is 20.3. The Hall–Kier alpha value is -1.12. The SMILES string of the molecule is C=C(C=O)CCCOC(C)=O. The summed E-state index contributed by atoms with van der Waals surface area (Å²) in [6, 6.07) is 0. The highest BCUT2D eigenvalue weighted by atomic mass is 16.5. The number of allylic oxidation sites excluding steroid dienone is 1. The van der Waals surface area contributed by atoms with Crippen LogP contribution in [0, 0.1) is 0 Å². The van der Waals surface area contributed by atoms with Gasteiger partial charge in [-0.25, -0.2) is 0 Å². The normalized spacial score (nSPS) is 8.82. The van der Waals surface area contributed by atoms with Gasteiger partial charge in [0.05, 0.1) is 6.61 Å². The van der Waals surface area contributed by atoms with Crippen molar-refractivity contribution in [1.29, 1.82) is 0 Å². The van der Waals surface area contributed by atoms with Gasteiger partial charge in [0.15, 0.2) is 0 Å². The van der Waals surface area contributed by atoms with Crippen molar-refractivity contribution in [2.45, 2.75) is 19.8 Å². The lowest BCUT2D eigenvalue weighted by molar-refractivity contribution is -0.141. The molecule has 0 aliphatic carbocycles. The van der Waals surface area contributed by atoms with Crippen molar-refractivity contribution < 1.29 is 14.3 Å². The second-order valence-electron chi connectivity index (χ2n) is 2.22. The minimum atomic E-state index is -0.290. The molecule has 0 aliphatic heterocycles. The van der Waals surface area contributed by atoms with E-state index in [1.54, 1.807) is 0 Å². The van der Waals surface area contributed by atoms with E-state index in [9.17, 15) is 9.59 Å². The first-order valence-electron chi connectivity index (χ1n) is 3.43. The van der Waals surface area contributed by atoms with Crippen LogP contribution in [0.2, 0.25) is 0 Å². The zero-order chi connectivity index (χ0) is 8.69. The Balaban J connectivity index is 3.21. The van der Waals surface area contributed by atoms with Crippen molar-refractivity contribution in [2.75, 3.05) is 6.61 Å². The summed E-state index contributed by atoms with van der Waals surface area (Å²) in [5.41, 5.74) is 0.539. The van der Waals surface area contributed by atoms with Gasteiger partial charge in [-0.2, -0.15) is 0 Å². The van der Waals surface area contributed by atoms with Gasteiger partial charge in [-0.3, -0.25) is 9.59 Å². The van der Waals surface area contributed by atoms with Crippen LogP contribution in [0.4, 0.5) is 0 Å². The minimum Gasteiger partial charge on any atom is -0.466 e. The Bertz CT molecular complexity index is 161. The van der Waals surface area contributed by atoms with Gasteiger partial charge in [-0.15, -0.1) is 0 Å². The first-order valence-corrected chi connectivity index (χ1v) is 3.43. The summed E-state index contributed by atoms with van der Waals surface area (Å²) in [5, 5.41) is 0. The van der Waals surface area contributed by atoms with Crippen molar-refractivity contribution in [2.24, 2.45) is 0 Å². The second kappa shape index (κ2) is 5.65. The third-order valence-electron chi connectivity index (χ3n) is 1.11. The van der Waals surface area contributed by atoms with E-state index in [1.807, 2.05) is 0 Å². The molecule has 0 N–H and O–H groups in total. The fourth-order valence-electron chi connectivity index (χ4n) is 0.574. The summed E-state index contributed by atoms with van der Waals surface area (Å²) >= 11 is 0. The Kier molecular flexibility index (Phi) is 5.07. The zero-order valence-corrected chi connectivity index (χ0v) is 6.63. The highest BCUT2D eigenvalue weighted by Crippen LogP contribution is 1.98. The predicted molar refractivity (Wildman–Crippen MR) is 41.1 cm³/mol. The van der Waals surface area contributed by atoms with Crippen LogP contribution in [-0.4, -0.2) is 18.9 Å². The number of ether oxygens (including phenoxy) is 1. The van der Waals surface area contributed by atoms with Crippen LogP contribution in [0.3, 0.4) is 0 Å². The first-order chi connectivity index (χ1) is 5.16. The van der Waals surface area contributed by atoms with Crippen molar-refractivity contribution >= 4 is 12.3 Å². The van der Waals surface area contributed by atoms with Crippen LogP contribution in [0.5, 0.6) is 0 Å². The van der Waals surface area contributed by atoms with E-state index < -0.39 is 0 Å². The van der Waals surface area contributed by atoms with E-state index in [0.29, 0.717) is 31.3 Å². The van der Waals surface area contributed by atoms with E-state index in [0.717, 1.165) is 0 Å². The molecule has 0 saturated carbocycles. The highest BCUT2D eigenvalue weighted by molar-refractivity contribution is 5.71. The van der Waals surface area contributed by atoms with Crippen LogP contribution >= 0.6 is 0 Å². The molecule has 0 atom stereocenters. The number of hydrogen-bond donors (Lipinski definition) is 0. The molecule has 11 heavy (non-hydrogen) atoms. The third-order valence-corrected chi connectivity index (χ3v) is 1.11. The molecule has 0 saturated heterocycles. The molecule has 0 rings (SSSR count). The van der Waals surface area contributed by atoms with Gasteiger partial charge in [-0.05, 0) is 18.4 Å². The Morgan fingerprint density at radius 1 is 1.64 bits per heavy atom. The average Bonchev–Trinajstić information content (AvgIpc) is 1.97. The maximum absolute atomic E-state index is 10.2. The van der Waals surface area contributed by atoms with E-state index in [4.69, 9.17) is 0 Å². The van der Waals surface area contributed by atoms with Crippen molar-refractivity contribution in [3.8, 4) is 0 Å². The lowest BCUT2D eigenvalue weighted by atomic mass is 10.2. The number of aldehydes is 1. The molecule has 3 nitrogen and oxygen atoms in total. The van der Waals surface area contributed by atoms with E-state index in [-0.39, 0.29) is 5.97 Å². The fourth-order valence-corrected chi connectivity index (χ4v) is 0.574. The molecular formula is C8H12O3. The maximum atomic E-state index is 10.2. The quantitative estimate of drug-likeness (QED) is 0.259. The summed E-state index contributed by atoms with van der Waals surface area (Å²) in [6.07, 6.45) is 1.97. The Morgan fingerprint density at radius 3 is 2.73 bits per heavy atom. The molecule has 0 aromatic heterocycles. The number of esters is 1. The van der Waals surface area contributed by atoms with Crippen molar-refractivity contribution in [3.63, 3.8) is 0 Å². The van der Waals surface area contributed by atoms with Crippen LogP contribution in [-0.2, 0) is 14.3 Å². The van der Waals surface area contributed by atoms with Crippen LogP contribution in [0.25, 0.3) is 0 Å². The predicted octanol–water partition coefficient (Wildman–Crippen LogP) is 1.08. The maximum Gasteiger partial charge on any atom is 0.302 e. The van der Waals surface area contributed by atoms with Crippen LogP contribution in [0.1, 0.15) is 19.8 Å². The molecule has 3 heteroatoms. The molecule has 0 fully saturated rings. The molecule has 0 aliphatic rings. The first kappa shape index (κ1) is 9.88. The third kappa shape index (κ3) is 6.77. The summed E-state index contributed by atoms with van der Waals surface area (Å²) < 4.78 is 4.64. The van der Waals surface area contributed by atoms with E-state index in [1.165, 1.54) is 6.92 Å². The molecule has 0 spiro atoms. The van der Waals surface area contributed by atoms with Crippen LogP contribution in [0.15, 0.2) is 12.2 Å². The number of carbonyl (C=O) groups is 2. The molecular weight excluding hydrogens is 144 g/mol. The number of rotatable bonds is 5. The van der Waals surface area contributed by atoms with Gasteiger partial charge >= 0.3 is 5.97 Å². The fraction of sp³-hybridized carbons (Fsp3) is 0.500. The van der Waals surface area contributed by atoms with E-state index >= 15 is 0 Å². The largest absolute Gasteiger partial charge is 0.466 e. The van der Waals surface area contributed by atoms with Gasteiger partial charge in [0, 0.05) is 6.92 Å². The molecule has 0 heterocycles. The van der Waals surface area contributed by atoms with Crippen molar-refractivity contribution in [1.82, 2.24) is 0 Å². The molecule has 0 unspecified atom stereocenters. The smallest absolute Gasteiger partial charge is 0.302 e. The molecule has 0 amide bonds. The van der Waals surface area contributed by atoms with Gasteiger partial charge in [0.1, 0.15) is 6.29 Å². The monoisotopic (exact) mass is 156 g/mol. The van der Waals surface area contributed by atoms with Gasteiger partial charge < -0.3 is 4.74 Å². The van der Waals surface area contributed by atoms with Gasteiger partial charge in [-0.1, -0.05) is 6.58 Å². The summed E-state index contributed by atoms with van der Waals surface area (Å²) in [6.45, 7) is 5.20. The molecule has 0 radical (unpaired) electrons. The number of carbonyl (C=O) groups excluding carboxylic acids is 2. The highest BCUT2D eigenvalue weighted by Gasteiger charge is 1.94. The summed E-state index contributed by atoms with van der Waals surface area (Å²) in [7, 11) is 0. The van der Waals surface area contributed by atoms with Gasteiger partial charge in [0.25, 0.3) is 0 Å². The zero-order valence-electron chi connectivity index (χ0n) is 6.63. The van der Waals surface area contributed by atoms with Crippen molar-refractivity contribution in [3.05, 3.63) is 12.2 Å². The van der Waals surface area contributed by atoms with Crippen LogP contribution < -0.4 is 0 Å². The lowest BCUT2D eigenvalue weighted by Gasteiger charge is -1.99. The van der Waals surface area contributed by atoms with Gasteiger partial charge in [0.2, 0.25) is 0 Å². The minimum absolute atomic E-state index is 0.290. The molecule has 62 valence electrons. The Morgan fingerprint density at radius 2 is 2.27 bits per heavy atom. The topological polar surface area (TPSA) is 43.4 Å². The molecule has 0 aromatic carbocycles. The second-order valence-corrected chi connectivity index (χ2v) is 2.22. The molecule has 0 aromatic rings.